The molecule has 106 valence electrons. The summed E-state index contributed by atoms with van der Waals surface area (Å²) in [6.45, 7) is 3.84. The average molecular weight is 295 g/mol. The lowest BCUT2D eigenvalue weighted by Gasteiger charge is -2.14. The molecular formula is C16H16ClFO2. The zero-order valence-electron chi connectivity index (χ0n) is 11.4. The van der Waals surface area contributed by atoms with E-state index >= 15 is 0 Å². The van der Waals surface area contributed by atoms with Crippen LogP contribution in [-0.4, -0.2) is 5.11 Å². The second kappa shape index (κ2) is 6.25. The van der Waals surface area contributed by atoms with E-state index in [0.29, 0.717) is 16.9 Å². The normalized spacial score (nSPS) is 12.2. The number of benzene rings is 2. The quantitative estimate of drug-likeness (QED) is 0.904. The van der Waals surface area contributed by atoms with E-state index in [1.54, 1.807) is 13.0 Å². The first-order chi connectivity index (χ1) is 9.47. The van der Waals surface area contributed by atoms with Crippen LogP contribution in [0.4, 0.5) is 4.39 Å². The molecule has 0 heterocycles. The van der Waals surface area contributed by atoms with Gasteiger partial charge in [0.05, 0.1) is 11.1 Å². The van der Waals surface area contributed by atoms with Crippen LogP contribution in [0.3, 0.4) is 0 Å². The van der Waals surface area contributed by atoms with Crippen molar-refractivity contribution in [3.8, 4) is 5.75 Å². The topological polar surface area (TPSA) is 29.5 Å². The maximum Gasteiger partial charge on any atom is 0.142 e. The number of aliphatic hydroxyl groups is 1. The van der Waals surface area contributed by atoms with Crippen molar-refractivity contribution < 1.29 is 14.2 Å². The van der Waals surface area contributed by atoms with Crippen LogP contribution in [0.1, 0.15) is 29.7 Å². The Morgan fingerprint density at radius 2 is 2.00 bits per heavy atom. The molecular weight excluding hydrogens is 279 g/mol. The highest BCUT2D eigenvalue weighted by Crippen LogP contribution is 2.27. The summed E-state index contributed by atoms with van der Waals surface area (Å²) >= 11 is 5.64. The zero-order valence-corrected chi connectivity index (χ0v) is 12.1. The van der Waals surface area contributed by atoms with Crippen molar-refractivity contribution in [2.45, 2.75) is 26.6 Å². The minimum atomic E-state index is -0.618. The summed E-state index contributed by atoms with van der Waals surface area (Å²) in [4.78, 5) is 0. The van der Waals surface area contributed by atoms with Crippen LogP contribution in [0.15, 0.2) is 36.4 Å². The zero-order chi connectivity index (χ0) is 14.7. The summed E-state index contributed by atoms with van der Waals surface area (Å²) in [5, 5.41) is 9.81. The van der Waals surface area contributed by atoms with Crippen molar-refractivity contribution in [1.82, 2.24) is 0 Å². The van der Waals surface area contributed by atoms with Crippen LogP contribution >= 0.6 is 11.6 Å². The van der Waals surface area contributed by atoms with Gasteiger partial charge in [-0.2, -0.15) is 0 Å². The minimum absolute atomic E-state index is 0.0916. The van der Waals surface area contributed by atoms with E-state index in [2.05, 4.69) is 0 Å². The van der Waals surface area contributed by atoms with E-state index in [0.717, 1.165) is 5.56 Å². The Bertz CT molecular complexity index is 611. The van der Waals surface area contributed by atoms with E-state index in [-0.39, 0.29) is 11.6 Å². The third-order valence-electron chi connectivity index (χ3n) is 3.00. The van der Waals surface area contributed by atoms with Crippen LogP contribution in [0.5, 0.6) is 5.75 Å². The van der Waals surface area contributed by atoms with Crippen molar-refractivity contribution in [2.24, 2.45) is 0 Å². The van der Waals surface area contributed by atoms with Crippen LogP contribution in [-0.2, 0) is 6.61 Å². The van der Waals surface area contributed by atoms with E-state index in [1.165, 1.54) is 12.1 Å². The van der Waals surface area contributed by atoms with Gasteiger partial charge in [-0.3, -0.25) is 0 Å². The molecule has 0 aliphatic rings. The molecule has 0 radical (unpaired) electrons. The molecule has 0 aromatic heterocycles. The van der Waals surface area contributed by atoms with Gasteiger partial charge in [-0.05, 0) is 43.2 Å². The van der Waals surface area contributed by atoms with Crippen LogP contribution in [0, 0.1) is 12.7 Å². The number of ether oxygens (including phenoxy) is 1. The summed E-state index contributed by atoms with van der Waals surface area (Å²) < 4.78 is 19.0. The average Bonchev–Trinajstić information content (AvgIpc) is 2.40. The Kier molecular flexibility index (Phi) is 4.63. The van der Waals surface area contributed by atoms with Crippen molar-refractivity contribution in [3.63, 3.8) is 0 Å². The van der Waals surface area contributed by atoms with Crippen molar-refractivity contribution in [1.29, 1.82) is 0 Å². The lowest BCUT2D eigenvalue weighted by Crippen LogP contribution is -2.01. The lowest BCUT2D eigenvalue weighted by atomic mass is 10.1. The maximum absolute atomic E-state index is 13.3. The minimum Gasteiger partial charge on any atom is -0.489 e. The summed E-state index contributed by atoms with van der Waals surface area (Å²) in [5.41, 5.74) is 2.43. The number of halogens is 2. The molecule has 0 bridgehead atoms. The third kappa shape index (κ3) is 3.50. The van der Waals surface area contributed by atoms with Gasteiger partial charge in [-0.15, -0.1) is 0 Å². The number of aliphatic hydroxyl groups excluding tert-OH is 1. The Morgan fingerprint density at radius 1 is 1.25 bits per heavy atom. The lowest BCUT2D eigenvalue weighted by molar-refractivity contribution is 0.190. The number of rotatable bonds is 4. The smallest absolute Gasteiger partial charge is 0.142 e. The molecule has 0 saturated heterocycles. The molecule has 1 unspecified atom stereocenters. The molecule has 1 atom stereocenters. The Balaban J connectivity index is 2.17. The molecule has 0 amide bonds. The number of hydrogen-bond donors (Lipinski definition) is 1. The van der Waals surface area contributed by atoms with Gasteiger partial charge in [-0.1, -0.05) is 29.8 Å². The fraction of sp³-hybridized carbons (Fsp3) is 0.250. The van der Waals surface area contributed by atoms with Crippen molar-refractivity contribution >= 4 is 11.6 Å². The molecule has 0 saturated carbocycles. The SMILES string of the molecule is Cc1ccc(C(C)O)c(OCc2ccc(Cl)c(F)c2)c1. The fourth-order valence-corrected chi connectivity index (χ4v) is 2.02. The van der Waals surface area contributed by atoms with Crippen molar-refractivity contribution in [2.75, 3.05) is 0 Å². The predicted octanol–water partition coefficient (Wildman–Crippen LogP) is 4.42. The van der Waals surface area contributed by atoms with Crippen LogP contribution in [0.2, 0.25) is 5.02 Å². The first-order valence-electron chi connectivity index (χ1n) is 6.32. The molecule has 1 N–H and O–H groups in total. The number of aryl methyl sites for hydroxylation is 1. The highest BCUT2D eigenvalue weighted by atomic mass is 35.5. The molecule has 2 aromatic rings. The highest BCUT2D eigenvalue weighted by molar-refractivity contribution is 6.30. The molecule has 0 spiro atoms. The van der Waals surface area contributed by atoms with E-state index < -0.39 is 11.9 Å². The van der Waals surface area contributed by atoms with E-state index in [1.807, 2.05) is 25.1 Å². The van der Waals surface area contributed by atoms with E-state index in [4.69, 9.17) is 16.3 Å². The van der Waals surface area contributed by atoms with Gasteiger partial charge in [-0.25, -0.2) is 4.39 Å². The van der Waals surface area contributed by atoms with Gasteiger partial charge in [0.2, 0.25) is 0 Å². The van der Waals surface area contributed by atoms with Crippen molar-refractivity contribution in [3.05, 3.63) is 63.9 Å². The summed E-state index contributed by atoms with van der Waals surface area (Å²) in [7, 11) is 0. The standard InChI is InChI=1S/C16H16ClFO2/c1-10-3-5-13(11(2)19)16(7-10)20-9-12-4-6-14(17)15(18)8-12/h3-8,11,19H,9H2,1-2H3. The molecule has 0 aliphatic heterocycles. The largest absolute Gasteiger partial charge is 0.489 e. The van der Waals surface area contributed by atoms with Crippen LogP contribution < -0.4 is 4.74 Å². The molecule has 2 nitrogen and oxygen atoms in total. The molecule has 0 aliphatic carbocycles. The maximum atomic E-state index is 13.3. The molecule has 0 fully saturated rings. The Hall–Kier alpha value is -1.58. The monoisotopic (exact) mass is 294 g/mol. The Labute approximate surface area is 122 Å². The van der Waals surface area contributed by atoms with Crippen LogP contribution in [0.25, 0.3) is 0 Å². The summed E-state index contributed by atoms with van der Waals surface area (Å²) in [5.74, 6) is 0.142. The fourth-order valence-electron chi connectivity index (χ4n) is 1.90. The first kappa shape index (κ1) is 14.8. The third-order valence-corrected chi connectivity index (χ3v) is 3.30. The highest BCUT2D eigenvalue weighted by Gasteiger charge is 2.10. The number of hydrogen-bond acceptors (Lipinski definition) is 2. The van der Waals surface area contributed by atoms with Gasteiger partial charge >= 0.3 is 0 Å². The van der Waals surface area contributed by atoms with E-state index in [9.17, 15) is 9.50 Å². The molecule has 2 rings (SSSR count). The van der Waals surface area contributed by atoms with Gasteiger partial charge in [0.15, 0.2) is 0 Å². The van der Waals surface area contributed by atoms with Gasteiger partial charge in [0.1, 0.15) is 18.2 Å². The van der Waals surface area contributed by atoms with Gasteiger partial charge < -0.3 is 9.84 Å². The molecule has 4 heteroatoms. The first-order valence-corrected chi connectivity index (χ1v) is 6.70. The summed E-state index contributed by atoms with van der Waals surface area (Å²) in [6.07, 6.45) is -0.618. The Morgan fingerprint density at radius 3 is 2.65 bits per heavy atom. The second-order valence-electron chi connectivity index (χ2n) is 4.75. The van der Waals surface area contributed by atoms with Gasteiger partial charge in [0, 0.05) is 5.56 Å². The molecule has 20 heavy (non-hydrogen) atoms. The second-order valence-corrected chi connectivity index (χ2v) is 5.16. The van der Waals surface area contributed by atoms with Gasteiger partial charge in [0.25, 0.3) is 0 Å². The summed E-state index contributed by atoms with van der Waals surface area (Å²) in [6, 6.07) is 10.2. The predicted molar refractivity (Wildman–Crippen MR) is 77.6 cm³/mol. The molecule has 2 aromatic carbocycles.